The van der Waals surface area contributed by atoms with Crippen LogP contribution in [0.3, 0.4) is 0 Å². The molecule has 56 valence electrons. The van der Waals surface area contributed by atoms with Gasteiger partial charge < -0.3 is 0 Å². The van der Waals surface area contributed by atoms with Crippen LogP contribution in [0.15, 0.2) is 0 Å². The second-order valence-corrected chi connectivity index (χ2v) is 16.2. The maximum atomic E-state index is 2.68. The first-order chi connectivity index (χ1) is 3.85. The van der Waals surface area contributed by atoms with E-state index in [1.165, 1.54) is 0 Å². The second kappa shape index (κ2) is 3.40. The molecule has 0 fully saturated rings. The van der Waals surface area contributed by atoms with E-state index in [0.717, 1.165) is 0 Å². The second-order valence-electron chi connectivity index (χ2n) is 3.54. The van der Waals surface area contributed by atoms with Crippen LogP contribution in [0.4, 0.5) is 0 Å². The molecule has 0 saturated carbocycles. The van der Waals surface area contributed by atoms with E-state index in [2.05, 4.69) is 39.2 Å². The topological polar surface area (TPSA) is 3.24 Å². The molecule has 0 unspecified atom stereocenters. The Morgan fingerprint density at radius 2 is 1.44 bits per heavy atom. The van der Waals surface area contributed by atoms with Crippen molar-refractivity contribution in [2.24, 2.45) is 0 Å². The summed E-state index contributed by atoms with van der Waals surface area (Å²) in [6.07, 6.45) is 0. The summed E-state index contributed by atoms with van der Waals surface area (Å²) >= 11 is -0.879. The summed E-state index contributed by atoms with van der Waals surface area (Å²) in [6.45, 7) is 7.24. The summed E-state index contributed by atoms with van der Waals surface area (Å²) in [4.78, 5) is 4.86. The van der Waals surface area contributed by atoms with Gasteiger partial charge in [-0.3, -0.25) is 0 Å². The van der Waals surface area contributed by atoms with Gasteiger partial charge in [0, 0.05) is 0 Å². The van der Waals surface area contributed by atoms with E-state index < -0.39 is 28.7 Å². The zero-order valence-corrected chi connectivity index (χ0v) is 10.9. The summed E-state index contributed by atoms with van der Waals surface area (Å²) < 4.78 is 2.68. The van der Waals surface area contributed by atoms with Crippen molar-refractivity contribution in [3.05, 3.63) is 0 Å². The molecule has 1 nitrogen and oxygen atoms in total. The van der Waals surface area contributed by atoms with Gasteiger partial charge in [0.1, 0.15) is 0 Å². The van der Waals surface area contributed by atoms with Crippen LogP contribution in [0.5, 0.6) is 0 Å². The van der Waals surface area contributed by atoms with Gasteiger partial charge in [-0.1, -0.05) is 0 Å². The molecule has 0 aromatic rings. The van der Waals surface area contributed by atoms with Crippen LogP contribution in [0.25, 0.3) is 0 Å². The van der Waals surface area contributed by atoms with Crippen molar-refractivity contribution in [3.63, 3.8) is 0 Å². The fourth-order valence-electron chi connectivity index (χ4n) is 0.600. The number of nitrogens with zero attached hydrogens (tertiary/aromatic N) is 1. The summed E-state index contributed by atoms with van der Waals surface area (Å²) in [5, 5.41) is 0. The summed E-state index contributed by atoms with van der Waals surface area (Å²) in [5.74, 6) is 0. The van der Waals surface area contributed by atoms with E-state index in [-0.39, 0.29) is 0 Å². The van der Waals surface area contributed by atoms with Crippen molar-refractivity contribution in [1.82, 2.24) is 2.72 Å². The van der Waals surface area contributed by atoms with Crippen molar-refractivity contribution in [2.45, 2.75) is 29.4 Å². The molecule has 0 spiro atoms. The molecule has 0 amide bonds. The van der Waals surface area contributed by atoms with E-state index >= 15 is 0 Å². The predicted octanol–water partition coefficient (Wildman–Crippen LogP) is 2.00. The Bertz CT molecular complexity index is 87.5. The van der Waals surface area contributed by atoms with E-state index in [4.69, 9.17) is 0 Å². The van der Waals surface area contributed by atoms with Crippen molar-refractivity contribution < 1.29 is 0 Å². The van der Waals surface area contributed by atoms with Crippen molar-refractivity contribution in [2.75, 3.05) is 7.05 Å². The van der Waals surface area contributed by atoms with E-state index in [1.807, 2.05) is 0 Å². The Hall–Kier alpha value is 0.995. The van der Waals surface area contributed by atoms with E-state index in [9.17, 15) is 0 Å². The van der Waals surface area contributed by atoms with Gasteiger partial charge >= 0.3 is 67.9 Å². The van der Waals surface area contributed by atoms with Crippen molar-refractivity contribution in [3.8, 4) is 0 Å². The predicted molar refractivity (Wildman–Crippen MR) is 48.6 cm³/mol. The fraction of sp³-hybridized carbons (Fsp3) is 1.00. The molecule has 9 heavy (non-hydrogen) atoms. The van der Waals surface area contributed by atoms with Crippen molar-refractivity contribution >= 4 is 28.7 Å². The first-order valence-corrected chi connectivity index (χ1v) is 13.0. The van der Waals surface area contributed by atoms with Gasteiger partial charge in [0.25, 0.3) is 0 Å². The quantitative estimate of drug-likeness (QED) is 0.681. The molecular formula is C6H18NSbSi. The zero-order chi connectivity index (χ0) is 7.65. The molecule has 0 aliphatic carbocycles. The summed E-state index contributed by atoms with van der Waals surface area (Å²) in [5.41, 5.74) is 0. The average Bonchev–Trinajstić information content (AvgIpc) is 1.62. The van der Waals surface area contributed by atoms with Crippen LogP contribution in [-0.2, 0) is 0 Å². The fourth-order valence-corrected chi connectivity index (χ4v) is 12.1. The molecule has 0 atom stereocenters. The van der Waals surface area contributed by atoms with Gasteiger partial charge in [0.15, 0.2) is 0 Å². The Labute approximate surface area is 67.8 Å². The molecule has 0 saturated heterocycles. The molecule has 0 aliphatic rings. The van der Waals surface area contributed by atoms with E-state index in [0.29, 0.717) is 0 Å². The standard InChI is InChI=1S/C4H12NSi.2CH3.Sb/c1-5-6(2,3)4;;;/h1-4H3;2*1H3;/q-1;;;+1. The number of rotatable bonds is 2. The SMILES string of the molecule is C[N]([Sb]([CH3])[CH3])[Si](C)(C)C. The molecule has 3 heteroatoms. The molecule has 0 rings (SSSR count). The van der Waals surface area contributed by atoms with Crippen LogP contribution < -0.4 is 0 Å². The summed E-state index contributed by atoms with van der Waals surface area (Å²) in [7, 11) is 1.39. The molecule has 0 aromatic heterocycles. The normalized spacial score (nSPS) is 13.3. The first-order valence-electron chi connectivity index (χ1n) is 3.27. The Kier molecular flexibility index (Phi) is 3.78. The molecule has 0 radical (unpaired) electrons. The Morgan fingerprint density at radius 3 is 1.44 bits per heavy atom. The van der Waals surface area contributed by atoms with Crippen molar-refractivity contribution in [1.29, 1.82) is 0 Å². The third-order valence-corrected chi connectivity index (χ3v) is 14.8. The van der Waals surface area contributed by atoms with Gasteiger partial charge in [-0.25, -0.2) is 0 Å². The monoisotopic (exact) mass is 253 g/mol. The molecule has 0 bridgehead atoms. The van der Waals surface area contributed by atoms with Gasteiger partial charge in [0.2, 0.25) is 0 Å². The molecule has 0 N–H and O–H groups in total. The molecule has 0 aromatic carbocycles. The maximum absolute atomic E-state index is 2.68. The minimum absolute atomic E-state index is 0.879. The Morgan fingerprint density at radius 1 is 1.11 bits per heavy atom. The van der Waals surface area contributed by atoms with Crippen LogP contribution in [0.1, 0.15) is 0 Å². The van der Waals surface area contributed by atoms with Gasteiger partial charge in [-0.05, 0) is 0 Å². The number of hydrogen-bond acceptors (Lipinski definition) is 1. The average molecular weight is 254 g/mol. The molecular weight excluding hydrogens is 236 g/mol. The molecule has 0 aliphatic heterocycles. The van der Waals surface area contributed by atoms with E-state index in [1.54, 1.807) is 0 Å². The van der Waals surface area contributed by atoms with Gasteiger partial charge in [-0.2, -0.15) is 0 Å². The molecule has 0 heterocycles. The zero-order valence-electron chi connectivity index (χ0n) is 7.39. The van der Waals surface area contributed by atoms with Crippen LogP contribution in [0, 0.1) is 0 Å². The first kappa shape index (κ1) is 10.00. The van der Waals surface area contributed by atoms with Gasteiger partial charge in [-0.15, -0.1) is 0 Å². The van der Waals surface area contributed by atoms with Crippen LogP contribution >= 0.6 is 0 Å². The Balaban J connectivity index is 3.88. The third-order valence-electron chi connectivity index (χ3n) is 1.57. The minimum atomic E-state index is -0.909. The summed E-state index contributed by atoms with van der Waals surface area (Å²) in [6, 6.07) is 0. The third kappa shape index (κ3) is 3.64. The number of hydrogen-bond donors (Lipinski definition) is 0. The van der Waals surface area contributed by atoms with Crippen LogP contribution in [-0.4, -0.2) is 38.5 Å². The van der Waals surface area contributed by atoms with Gasteiger partial charge in [0.05, 0.1) is 0 Å². The van der Waals surface area contributed by atoms with Crippen LogP contribution in [0.2, 0.25) is 29.4 Å².